The number of para-hydroxylation sites is 1. The summed E-state index contributed by atoms with van der Waals surface area (Å²) in [7, 11) is 2.03. The summed E-state index contributed by atoms with van der Waals surface area (Å²) >= 11 is 0. The van der Waals surface area contributed by atoms with Crippen LogP contribution in [0.15, 0.2) is 18.2 Å². The lowest BCUT2D eigenvalue weighted by Crippen LogP contribution is -2.32. The van der Waals surface area contributed by atoms with Gasteiger partial charge in [0.1, 0.15) is 5.75 Å². The van der Waals surface area contributed by atoms with Gasteiger partial charge in [0.15, 0.2) is 0 Å². The van der Waals surface area contributed by atoms with Gasteiger partial charge in [-0.05, 0) is 24.9 Å². The molecule has 0 bridgehead atoms. The van der Waals surface area contributed by atoms with E-state index >= 15 is 0 Å². The smallest absolute Gasteiger partial charge is 0.127 e. The monoisotopic (exact) mass is 233 g/mol. The Kier molecular flexibility index (Phi) is 3.72. The first kappa shape index (κ1) is 12.4. The van der Waals surface area contributed by atoms with E-state index < -0.39 is 0 Å². The van der Waals surface area contributed by atoms with Gasteiger partial charge in [-0.3, -0.25) is 0 Å². The average molecular weight is 233 g/mol. The zero-order chi connectivity index (χ0) is 12.4. The molecule has 0 saturated carbocycles. The van der Waals surface area contributed by atoms with Gasteiger partial charge in [0.2, 0.25) is 0 Å². The first-order valence-corrected chi connectivity index (χ1v) is 6.61. The molecule has 0 spiro atoms. The Morgan fingerprint density at radius 1 is 1.47 bits per heavy atom. The zero-order valence-corrected chi connectivity index (χ0v) is 11.3. The Morgan fingerprint density at radius 2 is 2.24 bits per heavy atom. The predicted molar refractivity (Wildman–Crippen MR) is 71.6 cm³/mol. The summed E-state index contributed by atoms with van der Waals surface area (Å²) in [5.41, 5.74) is 2.68. The third-order valence-electron chi connectivity index (χ3n) is 3.92. The van der Waals surface area contributed by atoms with Gasteiger partial charge in [0.25, 0.3) is 0 Å². The molecule has 0 radical (unpaired) electrons. The van der Waals surface area contributed by atoms with Crippen LogP contribution in [0, 0.1) is 5.92 Å². The van der Waals surface area contributed by atoms with Crippen molar-refractivity contribution >= 4 is 0 Å². The van der Waals surface area contributed by atoms with Crippen molar-refractivity contribution in [3.05, 3.63) is 29.3 Å². The summed E-state index contributed by atoms with van der Waals surface area (Å²) in [6.07, 6.45) is 1.15. The number of ether oxygens (including phenoxy) is 1. The number of hydrogen-bond donors (Lipinski definition) is 1. The zero-order valence-electron chi connectivity index (χ0n) is 11.3. The molecule has 0 saturated heterocycles. The number of fused-ring (bicyclic) bond motifs is 1. The SMILES string of the molecule is CCC(C)c1cccc2c1OCC(C)C2NC. The van der Waals surface area contributed by atoms with Crippen molar-refractivity contribution in [2.24, 2.45) is 5.92 Å². The minimum Gasteiger partial charge on any atom is -0.493 e. The molecule has 0 fully saturated rings. The first-order valence-electron chi connectivity index (χ1n) is 6.61. The molecule has 1 aromatic rings. The quantitative estimate of drug-likeness (QED) is 0.863. The second-order valence-corrected chi connectivity index (χ2v) is 5.13. The topological polar surface area (TPSA) is 21.3 Å². The molecular weight excluding hydrogens is 210 g/mol. The number of nitrogens with one attached hydrogen (secondary N) is 1. The van der Waals surface area contributed by atoms with Crippen molar-refractivity contribution in [3.63, 3.8) is 0 Å². The molecule has 94 valence electrons. The van der Waals surface area contributed by atoms with Gasteiger partial charge >= 0.3 is 0 Å². The highest BCUT2D eigenvalue weighted by atomic mass is 16.5. The number of benzene rings is 1. The molecule has 1 aromatic carbocycles. The van der Waals surface area contributed by atoms with Crippen LogP contribution in [0.4, 0.5) is 0 Å². The fraction of sp³-hybridized carbons (Fsp3) is 0.600. The van der Waals surface area contributed by atoms with Crippen molar-refractivity contribution < 1.29 is 4.74 Å². The number of rotatable bonds is 3. The number of hydrogen-bond acceptors (Lipinski definition) is 2. The molecule has 1 aliphatic rings. The molecule has 2 heteroatoms. The van der Waals surface area contributed by atoms with Crippen molar-refractivity contribution in [1.29, 1.82) is 0 Å². The van der Waals surface area contributed by atoms with E-state index in [0.717, 1.165) is 18.8 Å². The maximum absolute atomic E-state index is 5.98. The van der Waals surface area contributed by atoms with E-state index in [-0.39, 0.29) is 0 Å². The van der Waals surface area contributed by atoms with Gasteiger partial charge in [-0.2, -0.15) is 0 Å². The summed E-state index contributed by atoms with van der Waals surface area (Å²) < 4.78 is 5.98. The van der Waals surface area contributed by atoms with Crippen LogP contribution < -0.4 is 10.1 Å². The van der Waals surface area contributed by atoms with E-state index in [4.69, 9.17) is 4.74 Å². The minimum atomic E-state index is 0.419. The largest absolute Gasteiger partial charge is 0.493 e. The third-order valence-corrected chi connectivity index (χ3v) is 3.92. The Labute approximate surface area is 104 Å². The van der Waals surface area contributed by atoms with E-state index in [9.17, 15) is 0 Å². The molecule has 1 N–H and O–H groups in total. The van der Waals surface area contributed by atoms with E-state index in [1.807, 2.05) is 7.05 Å². The highest BCUT2D eigenvalue weighted by Gasteiger charge is 2.28. The van der Waals surface area contributed by atoms with Gasteiger partial charge in [-0.25, -0.2) is 0 Å². The minimum absolute atomic E-state index is 0.419. The maximum Gasteiger partial charge on any atom is 0.127 e. The summed E-state index contributed by atoms with van der Waals surface area (Å²) in [5, 5.41) is 3.41. The van der Waals surface area contributed by atoms with Crippen LogP contribution in [-0.2, 0) is 0 Å². The Hall–Kier alpha value is -1.02. The lowest BCUT2D eigenvalue weighted by Gasteiger charge is -2.33. The van der Waals surface area contributed by atoms with E-state index in [2.05, 4.69) is 44.3 Å². The summed E-state index contributed by atoms with van der Waals surface area (Å²) in [5.74, 6) is 2.22. The summed E-state index contributed by atoms with van der Waals surface area (Å²) in [6.45, 7) is 7.54. The molecular formula is C15H23NO. The molecule has 0 amide bonds. The molecule has 3 atom stereocenters. The lowest BCUT2D eigenvalue weighted by atomic mass is 9.87. The molecule has 1 heterocycles. The average Bonchev–Trinajstić information content (AvgIpc) is 2.37. The Morgan fingerprint density at radius 3 is 2.88 bits per heavy atom. The van der Waals surface area contributed by atoms with E-state index in [0.29, 0.717) is 17.9 Å². The van der Waals surface area contributed by atoms with Crippen LogP contribution in [-0.4, -0.2) is 13.7 Å². The predicted octanol–water partition coefficient (Wildman–Crippen LogP) is 3.49. The lowest BCUT2D eigenvalue weighted by molar-refractivity contribution is 0.190. The van der Waals surface area contributed by atoms with Gasteiger partial charge in [-0.15, -0.1) is 0 Å². The molecule has 2 rings (SSSR count). The van der Waals surface area contributed by atoms with Crippen LogP contribution in [0.25, 0.3) is 0 Å². The van der Waals surface area contributed by atoms with Crippen LogP contribution >= 0.6 is 0 Å². The van der Waals surface area contributed by atoms with Crippen LogP contribution in [0.1, 0.15) is 50.3 Å². The normalized spacial score (nSPS) is 24.9. The second-order valence-electron chi connectivity index (χ2n) is 5.13. The van der Waals surface area contributed by atoms with Crippen molar-refractivity contribution in [1.82, 2.24) is 5.32 Å². The third kappa shape index (κ3) is 2.19. The van der Waals surface area contributed by atoms with Gasteiger partial charge in [0.05, 0.1) is 6.61 Å². The highest BCUT2D eigenvalue weighted by Crippen LogP contribution is 2.40. The van der Waals surface area contributed by atoms with Crippen LogP contribution in [0.3, 0.4) is 0 Å². The fourth-order valence-electron chi connectivity index (χ4n) is 2.65. The first-order chi connectivity index (χ1) is 8.19. The van der Waals surface area contributed by atoms with Crippen molar-refractivity contribution in [2.75, 3.05) is 13.7 Å². The van der Waals surface area contributed by atoms with Gasteiger partial charge in [0, 0.05) is 17.5 Å². The van der Waals surface area contributed by atoms with Crippen LogP contribution in [0.5, 0.6) is 5.75 Å². The molecule has 1 aliphatic heterocycles. The van der Waals surface area contributed by atoms with E-state index in [1.165, 1.54) is 11.1 Å². The fourth-order valence-corrected chi connectivity index (χ4v) is 2.65. The molecule has 2 nitrogen and oxygen atoms in total. The Balaban J connectivity index is 2.45. The van der Waals surface area contributed by atoms with Crippen molar-refractivity contribution in [2.45, 2.75) is 39.2 Å². The highest BCUT2D eigenvalue weighted by molar-refractivity contribution is 5.46. The summed E-state index contributed by atoms with van der Waals surface area (Å²) in [6, 6.07) is 6.97. The molecule has 0 aromatic heterocycles. The van der Waals surface area contributed by atoms with Crippen molar-refractivity contribution in [3.8, 4) is 5.75 Å². The molecule has 17 heavy (non-hydrogen) atoms. The van der Waals surface area contributed by atoms with Crippen LogP contribution in [0.2, 0.25) is 0 Å². The molecule has 3 unspecified atom stereocenters. The van der Waals surface area contributed by atoms with Gasteiger partial charge < -0.3 is 10.1 Å². The molecule has 0 aliphatic carbocycles. The second kappa shape index (κ2) is 5.09. The van der Waals surface area contributed by atoms with E-state index in [1.54, 1.807) is 0 Å². The Bertz CT molecular complexity index is 389. The standard InChI is InChI=1S/C15H23NO/c1-5-10(2)12-7-6-8-13-14(16-4)11(3)9-17-15(12)13/h6-8,10-11,14,16H,5,9H2,1-4H3. The van der Waals surface area contributed by atoms with Gasteiger partial charge in [-0.1, -0.05) is 39.0 Å². The maximum atomic E-state index is 5.98. The summed E-state index contributed by atoms with van der Waals surface area (Å²) in [4.78, 5) is 0.